The molecule has 0 radical (unpaired) electrons. The van der Waals surface area contributed by atoms with Crippen LogP contribution in [0.1, 0.15) is 42.7 Å². The monoisotopic (exact) mass is 281 g/mol. The summed E-state index contributed by atoms with van der Waals surface area (Å²) >= 11 is 1.79. The molecule has 0 bridgehead atoms. The molecule has 2 aliphatic rings. The number of rotatable bonds is 4. The van der Waals surface area contributed by atoms with Crippen molar-refractivity contribution in [2.24, 2.45) is 0 Å². The Labute approximate surface area is 119 Å². The average Bonchev–Trinajstić information content (AvgIpc) is 3.04. The molecule has 0 aliphatic carbocycles. The van der Waals surface area contributed by atoms with Gasteiger partial charge in [-0.15, -0.1) is 11.3 Å². The van der Waals surface area contributed by atoms with Crippen molar-refractivity contribution in [1.82, 2.24) is 15.2 Å². The van der Waals surface area contributed by atoms with E-state index in [-0.39, 0.29) is 6.10 Å². The van der Waals surface area contributed by atoms with Crippen LogP contribution < -0.4 is 5.32 Å². The molecular weight excluding hydrogens is 258 g/mol. The molecule has 1 N–H and O–H groups in total. The maximum atomic E-state index is 6.00. The predicted molar refractivity (Wildman–Crippen MR) is 77.4 cm³/mol. The van der Waals surface area contributed by atoms with E-state index in [4.69, 9.17) is 4.74 Å². The van der Waals surface area contributed by atoms with Crippen molar-refractivity contribution >= 4 is 11.3 Å². The van der Waals surface area contributed by atoms with Gasteiger partial charge < -0.3 is 10.1 Å². The summed E-state index contributed by atoms with van der Waals surface area (Å²) in [5.41, 5.74) is 0. The standard InChI is InChI=1S/C14H23N3OS/c1-10(2)15-6-12-7-16-14(19-12)13-8-17-5-3-4-11(17)9-18-13/h7,10-11,13,15H,3-6,8-9H2,1-2H3. The highest BCUT2D eigenvalue weighted by atomic mass is 32.1. The Bertz CT molecular complexity index is 421. The predicted octanol–water partition coefficient (Wildman–Crippen LogP) is 2.18. The molecule has 0 amide bonds. The lowest BCUT2D eigenvalue weighted by Gasteiger charge is -2.34. The number of aromatic nitrogens is 1. The second-order valence-corrected chi connectivity index (χ2v) is 6.96. The molecule has 1 aromatic heterocycles. The largest absolute Gasteiger partial charge is 0.368 e. The zero-order valence-corrected chi connectivity index (χ0v) is 12.6. The Morgan fingerprint density at radius 3 is 3.32 bits per heavy atom. The van der Waals surface area contributed by atoms with Crippen molar-refractivity contribution < 1.29 is 4.74 Å². The summed E-state index contributed by atoms with van der Waals surface area (Å²) in [6.07, 6.45) is 4.80. The lowest BCUT2D eigenvalue weighted by Crippen LogP contribution is -2.42. The van der Waals surface area contributed by atoms with Gasteiger partial charge >= 0.3 is 0 Å². The lowest BCUT2D eigenvalue weighted by molar-refractivity contribution is -0.0502. The Morgan fingerprint density at radius 2 is 2.47 bits per heavy atom. The Hall–Kier alpha value is -0.490. The van der Waals surface area contributed by atoms with Gasteiger partial charge in [-0.25, -0.2) is 4.98 Å². The van der Waals surface area contributed by atoms with Gasteiger partial charge in [0, 0.05) is 36.2 Å². The first-order chi connectivity index (χ1) is 9.22. The van der Waals surface area contributed by atoms with Crippen molar-refractivity contribution in [2.45, 2.75) is 51.4 Å². The van der Waals surface area contributed by atoms with Crippen LogP contribution in [0.4, 0.5) is 0 Å². The number of thiazole rings is 1. The number of ether oxygens (including phenoxy) is 1. The van der Waals surface area contributed by atoms with E-state index in [1.807, 2.05) is 6.20 Å². The van der Waals surface area contributed by atoms with Gasteiger partial charge in [-0.3, -0.25) is 4.90 Å². The molecular formula is C14H23N3OS. The number of morpholine rings is 1. The summed E-state index contributed by atoms with van der Waals surface area (Å²) in [7, 11) is 0. The highest BCUT2D eigenvalue weighted by Crippen LogP contribution is 2.31. The fourth-order valence-electron chi connectivity index (χ4n) is 2.82. The quantitative estimate of drug-likeness (QED) is 0.918. The van der Waals surface area contributed by atoms with Crippen LogP contribution in [0.5, 0.6) is 0 Å². The second-order valence-electron chi connectivity index (χ2n) is 5.81. The van der Waals surface area contributed by atoms with Crippen molar-refractivity contribution in [1.29, 1.82) is 0 Å². The highest BCUT2D eigenvalue weighted by molar-refractivity contribution is 7.11. The van der Waals surface area contributed by atoms with Crippen LogP contribution >= 0.6 is 11.3 Å². The minimum absolute atomic E-state index is 0.187. The van der Waals surface area contributed by atoms with E-state index in [2.05, 4.69) is 29.0 Å². The molecule has 106 valence electrons. The summed E-state index contributed by atoms with van der Waals surface area (Å²) in [5.74, 6) is 0. The molecule has 0 saturated carbocycles. The Kier molecular flexibility index (Phi) is 4.17. The van der Waals surface area contributed by atoms with Crippen LogP contribution in [0.3, 0.4) is 0 Å². The molecule has 2 saturated heterocycles. The molecule has 2 atom stereocenters. The zero-order valence-electron chi connectivity index (χ0n) is 11.8. The lowest BCUT2D eigenvalue weighted by atomic mass is 10.2. The molecule has 2 aliphatic heterocycles. The third kappa shape index (κ3) is 3.16. The van der Waals surface area contributed by atoms with Gasteiger partial charge in [-0.05, 0) is 19.4 Å². The summed E-state index contributed by atoms with van der Waals surface area (Å²) in [6.45, 7) is 8.38. The van der Waals surface area contributed by atoms with Gasteiger partial charge in [0.15, 0.2) is 0 Å². The number of nitrogens with zero attached hydrogens (tertiary/aromatic N) is 2. The molecule has 2 fully saturated rings. The van der Waals surface area contributed by atoms with Crippen LogP contribution in [-0.2, 0) is 11.3 Å². The Balaban J connectivity index is 1.59. The molecule has 5 heteroatoms. The fourth-order valence-corrected chi connectivity index (χ4v) is 3.73. The number of fused-ring (bicyclic) bond motifs is 1. The van der Waals surface area contributed by atoms with Crippen LogP contribution in [0.2, 0.25) is 0 Å². The smallest absolute Gasteiger partial charge is 0.123 e. The number of hydrogen-bond acceptors (Lipinski definition) is 5. The van der Waals surface area contributed by atoms with Gasteiger partial charge in [0.1, 0.15) is 11.1 Å². The summed E-state index contributed by atoms with van der Waals surface area (Å²) in [4.78, 5) is 8.43. The van der Waals surface area contributed by atoms with Gasteiger partial charge in [-0.1, -0.05) is 13.8 Å². The maximum absolute atomic E-state index is 6.00. The minimum atomic E-state index is 0.187. The first-order valence-corrected chi connectivity index (χ1v) is 8.07. The SMILES string of the molecule is CC(C)NCc1cnc(C2CN3CCCC3CO2)s1. The first-order valence-electron chi connectivity index (χ1n) is 7.26. The molecule has 4 nitrogen and oxygen atoms in total. The van der Waals surface area contributed by atoms with E-state index in [9.17, 15) is 0 Å². The Morgan fingerprint density at radius 1 is 1.58 bits per heavy atom. The highest BCUT2D eigenvalue weighted by Gasteiger charge is 2.33. The molecule has 0 aromatic carbocycles. The third-order valence-electron chi connectivity index (χ3n) is 3.92. The van der Waals surface area contributed by atoms with E-state index in [1.54, 1.807) is 11.3 Å². The van der Waals surface area contributed by atoms with Crippen molar-refractivity contribution in [3.8, 4) is 0 Å². The molecule has 3 heterocycles. The van der Waals surface area contributed by atoms with Crippen LogP contribution in [0, 0.1) is 0 Å². The van der Waals surface area contributed by atoms with E-state index in [1.165, 1.54) is 24.3 Å². The fraction of sp³-hybridized carbons (Fsp3) is 0.786. The van der Waals surface area contributed by atoms with E-state index >= 15 is 0 Å². The molecule has 1 aromatic rings. The summed E-state index contributed by atoms with van der Waals surface area (Å²) < 4.78 is 6.00. The van der Waals surface area contributed by atoms with Crippen LogP contribution in [0.15, 0.2) is 6.20 Å². The molecule has 19 heavy (non-hydrogen) atoms. The van der Waals surface area contributed by atoms with Gasteiger partial charge in [-0.2, -0.15) is 0 Å². The van der Waals surface area contributed by atoms with Gasteiger partial charge in [0.2, 0.25) is 0 Å². The van der Waals surface area contributed by atoms with Gasteiger partial charge in [0.05, 0.1) is 6.61 Å². The van der Waals surface area contributed by atoms with Crippen molar-refractivity contribution in [3.63, 3.8) is 0 Å². The van der Waals surface area contributed by atoms with Crippen LogP contribution in [-0.4, -0.2) is 41.7 Å². The second kappa shape index (κ2) is 5.87. The summed E-state index contributed by atoms with van der Waals surface area (Å²) in [6, 6.07) is 1.18. The van der Waals surface area contributed by atoms with Crippen molar-refractivity contribution in [3.05, 3.63) is 16.1 Å². The van der Waals surface area contributed by atoms with E-state index < -0.39 is 0 Å². The van der Waals surface area contributed by atoms with Crippen LogP contribution in [0.25, 0.3) is 0 Å². The summed E-state index contributed by atoms with van der Waals surface area (Å²) in [5, 5.41) is 4.58. The zero-order chi connectivity index (χ0) is 13.2. The maximum Gasteiger partial charge on any atom is 0.123 e. The molecule has 0 spiro atoms. The van der Waals surface area contributed by atoms with Gasteiger partial charge in [0.25, 0.3) is 0 Å². The first kappa shape index (κ1) is 13.5. The van der Waals surface area contributed by atoms with E-state index in [0.717, 1.165) is 24.7 Å². The third-order valence-corrected chi connectivity index (χ3v) is 5.01. The van der Waals surface area contributed by atoms with Crippen molar-refractivity contribution in [2.75, 3.05) is 19.7 Å². The molecule has 3 rings (SSSR count). The topological polar surface area (TPSA) is 37.4 Å². The normalized spacial score (nSPS) is 27.9. The minimum Gasteiger partial charge on any atom is -0.368 e. The van der Waals surface area contributed by atoms with E-state index in [0.29, 0.717) is 12.1 Å². The average molecular weight is 281 g/mol. The number of hydrogen-bond donors (Lipinski definition) is 1. The number of nitrogens with one attached hydrogen (secondary N) is 1. The molecule has 2 unspecified atom stereocenters.